The van der Waals surface area contributed by atoms with E-state index in [4.69, 9.17) is 0 Å². The van der Waals surface area contributed by atoms with Crippen molar-refractivity contribution in [1.82, 2.24) is 0 Å². The molecular formula is C23H38O4. The summed E-state index contributed by atoms with van der Waals surface area (Å²) in [6.07, 6.45) is 8.60. The van der Waals surface area contributed by atoms with Crippen molar-refractivity contribution in [3.05, 3.63) is 23.3 Å². The Morgan fingerprint density at radius 3 is 1.67 bits per heavy atom. The molecule has 4 heteroatoms. The molecule has 0 amide bonds. The highest BCUT2D eigenvalue weighted by Gasteiger charge is 2.25. The molecule has 154 valence electrons. The molecule has 0 saturated heterocycles. The van der Waals surface area contributed by atoms with Gasteiger partial charge in [-0.1, -0.05) is 40.0 Å². The van der Waals surface area contributed by atoms with Crippen LogP contribution < -0.4 is 0 Å². The zero-order chi connectivity index (χ0) is 20.7. The first-order valence-corrected chi connectivity index (χ1v) is 10.2. The maximum atomic E-state index is 11.2. The van der Waals surface area contributed by atoms with Gasteiger partial charge in [0.15, 0.2) is 11.5 Å². The van der Waals surface area contributed by atoms with Crippen molar-refractivity contribution in [2.45, 2.75) is 92.4 Å². The lowest BCUT2D eigenvalue weighted by Gasteiger charge is -2.19. The topological polar surface area (TPSA) is 77.8 Å². The average molecular weight is 379 g/mol. The van der Waals surface area contributed by atoms with Gasteiger partial charge < -0.3 is 15.3 Å². The van der Waals surface area contributed by atoms with E-state index in [1.165, 1.54) is 6.42 Å². The van der Waals surface area contributed by atoms with Crippen LogP contribution in [0.5, 0.6) is 11.5 Å². The maximum absolute atomic E-state index is 11.2. The number of benzene rings is 1. The first kappa shape index (κ1) is 23.3. The monoisotopic (exact) mass is 378 g/mol. The predicted octanol–water partition coefficient (Wildman–Crippen LogP) is 6.07. The molecule has 3 N–H and O–H groups in total. The quantitative estimate of drug-likeness (QED) is 0.322. The lowest BCUT2D eigenvalue weighted by molar-refractivity contribution is -0.147. The largest absolute Gasteiger partial charge is 0.504 e. The van der Waals surface area contributed by atoms with Gasteiger partial charge in [-0.2, -0.15) is 0 Å². The number of hydrogen-bond acceptors (Lipinski definition) is 3. The van der Waals surface area contributed by atoms with Crippen LogP contribution in [0, 0.1) is 10.8 Å². The van der Waals surface area contributed by atoms with E-state index < -0.39 is 11.4 Å². The summed E-state index contributed by atoms with van der Waals surface area (Å²) in [5.41, 5.74) is 1.88. The van der Waals surface area contributed by atoms with E-state index in [0.717, 1.165) is 56.1 Å². The zero-order valence-corrected chi connectivity index (χ0v) is 17.8. The second-order valence-corrected chi connectivity index (χ2v) is 9.63. The van der Waals surface area contributed by atoms with Crippen molar-refractivity contribution in [2.75, 3.05) is 0 Å². The number of phenols is 2. The summed E-state index contributed by atoms with van der Waals surface area (Å²) >= 11 is 0. The Hall–Kier alpha value is -1.71. The molecule has 0 aliphatic carbocycles. The van der Waals surface area contributed by atoms with Gasteiger partial charge in [0.25, 0.3) is 0 Å². The standard InChI is InChI=1S/C23H38O4/c1-22(2,3)13-10-8-12-18-16-20(25)19(24)15-17(18)11-7-6-9-14-23(4,5)21(26)27/h15-16,24-25H,6-14H2,1-5H3,(H,26,27). The van der Waals surface area contributed by atoms with Crippen molar-refractivity contribution in [1.29, 1.82) is 0 Å². The highest BCUT2D eigenvalue weighted by molar-refractivity contribution is 5.73. The van der Waals surface area contributed by atoms with E-state index in [1.807, 2.05) is 0 Å². The van der Waals surface area contributed by atoms with Crippen LogP contribution in [0.2, 0.25) is 0 Å². The van der Waals surface area contributed by atoms with Crippen LogP contribution >= 0.6 is 0 Å². The second-order valence-electron chi connectivity index (χ2n) is 9.63. The predicted molar refractivity (Wildman–Crippen MR) is 110 cm³/mol. The normalized spacial score (nSPS) is 12.3. The fraction of sp³-hybridized carbons (Fsp3) is 0.696. The number of aromatic hydroxyl groups is 2. The van der Waals surface area contributed by atoms with Crippen molar-refractivity contribution in [3.8, 4) is 11.5 Å². The Kier molecular flexibility index (Phi) is 8.64. The van der Waals surface area contributed by atoms with Gasteiger partial charge in [0.1, 0.15) is 0 Å². The van der Waals surface area contributed by atoms with E-state index in [9.17, 15) is 20.1 Å². The first-order chi connectivity index (χ1) is 12.4. The number of carbonyl (C=O) groups is 1. The molecular weight excluding hydrogens is 340 g/mol. The number of phenolic OH excluding ortho intramolecular Hbond substituents is 2. The summed E-state index contributed by atoms with van der Waals surface area (Å²) in [5, 5.41) is 28.9. The molecule has 0 atom stereocenters. The minimum absolute atomic E-state index is 0.0484. The molecule has 0 saturated carbocycles. The van der Waals surface area contributed by atoms with Crippen LogP contribution in [0.25, 0.3) is 0 Å². The number of aliphatic carboxylic acids is 1. The Morgan fingerprint density at radius 2 is 1.22 bits per heavy atom. The Bertz CT molecular complexity index is 612. The number of unbranched alkanes of at least 4 members (excludes halogenated alkanes) is 3. The lowest BCUT2D eigenvalue weighted by atomic mass is 9.86. The SMILES string of the molecule is CC(C)(C)CCCCc1cc(O)c(O)cc1CCCCCC(C)(C)C(=O)O. The maximum Gasteiger partial charge on any atom is 0.309 e. The van der Waals surface area contributed by atoms with E-state index >= 15 is 0 Å². The molecule has 0 aromatic heterocycles. The van der Waals surface area contributed by atoms with Gasteiger partial charge in [-0.3, -0.25) is 4.79 Å². The van der Waals surface area contributed by atoms with Gasteiger partial charge in [-0.25, -0.2) is 0 Å². The van der Waals surface area contributed by atoms with Crippen LogP contribution in [0.3, 0.4) is 0 Å². The molecule has 0 fully saturated rings. The fourth-order valence-corrected chi connectivity index (χ4v) is 3.27. The summed E-state index contributed by atoms with van der Waals surface area (Å²) in [4.78, 5) is 11.2. The van der Waals surface area contributed by atoms with Crippen molar-refractivity contribution in [2.24, 2.45) is 10.8 Å². The summed E-state index contributed by atoms with van der Waals surface area (Å²) < 4.78 is 0. The van der Waals surface area contributed by atoms with E-state index in [2.05, 4.69) is 20.8 Å². The summed E-state index contributed by atoms with van der Waals surface area (Å²) in [7, 11) is 0. The van der Waals surface area contributed by atoms with E-state index in [-0.39, 0.29) is 11.5 Å². The van der Waals surface area contributed by atoms with Gasteiger partial charge in [-0.15, -0.1) is 0 Å². The van der Waals surface area contributed by atoms with Gasteiger partial charge in [-0.05, 0) is 81.0 Å². The zero-order valence-electron chi connectivity index (χ0n) is 17.8. The van der Waals surface area contributed by atoms with E-state index in [1.54, 1.807) is 26.0 Å². The molecule has 4 nitrogen and oxygen atoms in total. The van der Waals surface area contributed by atoms with Gasteiger partial charge in [0.05, 0.1) is 5.41 Å². The highest BCUT2D eigenvalue weighted by atomic mass is 16.4. The third kappa shape index (κ3) is 8.68. The van der Waals surface area contributed by atoms with Crippen molar-refractivity contribution in [3.63, 3.8) is 0 Å². The second kappa shape index (κ2) is 10.0. The van der Waals surface area contributed by atoms with Crippen LogP contribution in [-0.4, -0.2) is 21.3 Å². The molecule has 1 aromatic rings. The molecule has 0 unspecified atom stereocenters. The van der Waals surface area contributed by atoms with Crippen molar-refractivity contribution >= 4 is 5.97 Å². The molecule has 0 aliphatic rings. The van der Waals surface area contributed by atoms with Gasteiger partial charge >= 0.3 is 5.97 Å². The molecule has 27 heavy (non-hydrogen) atoms. The fourth-order valence-electron chi connectivity index (χ4n) is 3.27. The van der Waals surface area contributed by atoms with Crippen LogP contribution in [0.15, 0.2) is 12.1 Å². The molecule has 1 rings (SSSR count). The molecule has 0 radical (unpaired) electrons. The molecule has 1 aromatic carbocycles. The third-order valence-corrected chi connectivity index (χ3v) is 5.25. The summed E-state index contributed by atoms with van der Waals surface area (Å²) in [5.74, 6) is -0.855. The highest BCUT2D eigenvalue weighted by Crippen LogP contribution is 2.31. The lowest BCUT2D eigenvalue weighted by Crippen LogP contribution is -2.23. The summed E-state index contributed by atoms with van der Waals surface area (Å²) in [6, 6.07) is 3.39. The number of hydrogen-bond donors (Lipinski definition) is 3. The number of carboxylic acids is 1. The Balaban J connectivity index is 2.55. The average Bonchev–Trinajstić information content (AvgIpc) is 2.53. The van der Waals surface area contributed by atoms with Crippen LogP contribution in [0.4, 0.5) is 0 Å². The molecule has 0 heterocycles. The number of rotatable bonds is 11. The minimum atomic E-state index is -0.747. The van der Waals surface area contributed by atoms with Crippen LogP contribution in [0.1, 0.15) is 90.7 Å². The Morgan fingerprint density at radius 1 is 0.778 bits per heavy atom. The molecule has 0 spiro atoms. The Labute approximate surface area is 164 Å². The first-order valence-electron chi connectivity index (χ1n) is 10.2. The van der Waals surface area contributed by atoms with E-state index in [0.29, 0.717) is 11.8 Å². The number of aryl methyl sites for hydroxylation is 2. The minimum Gasteiger partial charge on any atom is -0.504 e. The molecule has 0 aliphatic heterocycles. The van der Waals surface area contributed by atoms with Crippen LogP contribution in [-0.2, 0) is 17.6 Å². The number of carboxylic acid groups (broad SMARTS) is 1. The smallest absolute Gasteiger partial charge is 0.309 e. The third-order valence-electron chi connectivity index (χ3n) is 5.25. The molecule has 0 bridgehead atoms. The van der Waals surface area contributed by atoms with Gasteiger partial charge in [0, 0.05) is 0 Å². The summed E-state index contributed by atoms with van der Waals surface area (Å²) in [6.45, 7) is 10.3. The van der Waals surface area contributed by atoms with Gasteiger partial charge in [0.2, 0.25) is 0 Å². The van der Waals surface area contributed by atoms with Crippen molar-refractivity contribution < 1.29 is 20.1 Å².